The summed E-state index contributed by atoms with van der Waals surface area (Å²) in [5, 5.41) is 2.92. The van der Waals surface area contributed by atoms with Crippen molar-refractivity contribution in [3.63, 3.8) is 0 Å². The standard InChI is InChI=1S/C33H43N3O4S/c1-7-21-34-33(38)31(8-2)35(22-28-12-10-9-11-26(28)6)32(37)23-36(29-17-15-27(16-18-29)24(3)4)41(39,40)30-19-13-25(5)14-20-30/h9-20,24,31H,7-8,21-23H2,1-6H3,(H,34,38)/t31-/m1/s1. The van der Waals surface area contributed by atoms with Crippen molar-refractivity contribution in [2.24, 2.45) is 0 Å². The second-order valence-electron chi connectivity index (χ2n) is 10.7. The smallest absolute Gasteiger partial charge is 0.264 e. The summed E-state index contributed by atoms with van der Waals surface area (Å²) >= 11 is 0. The van der Waals surface area contributed by atoms with E-state index in [4.69, 9.17) is 0 Å². The number of amides is 2. The molecule has 3 rings (SSSR count). The molecule has 0 aromatic heterocycles. The summed E-state index contributed by atoms with van der Waals surface area (Å²) in [6.45, 7) is 12.1. The van der Waals surface area contributed by atoms with Crippen molar-refractivity contribution in [3.05, 3.63) is 95.1 Å². The van der Waals surface area contributed by atoms with E-state index < -0.39 is 28.5 Å². The van der Waals surface area contributed by atoms with Crippen LogP contribution in [0.5, 0.6) is 0 Å². The molecule has 0 aliphatic rings. The van der Waals surface area contributed by atoms with Crippen LogP contribution in [0.4, 0.5) is 5.69 Å². The average molecular weight is 578 g/mol. The molecule has 0 saturated carbocycles. The molecule has 0 fully saturated rings. The minimum Gasteiger partial charge on any atom is -0.354 e. The Morgan fingerprint density at radius 3 is 2.07 bits per heavy atom. The maximum atomic E-state index is 14.2. The first-order chi connectivity index (χ1) is 19.5. The minimum atomic E-state index is -4.10. The van der Waals surface area contributed by atoms with Crippen LogP contribution in [0.15, 0.2) is 77.7 Å². The number of rotatable bonds is 13. The molecule has 0 bridgehead atoms. The number of benzene rings is 3. The number of hydrogen-bond donors (Lipinski definition) is 1. The number of carbonyl (C=O) groups is 2. The molecular weight excluding hydrogens is 534 g/mol. The second-order valence-corrected chi connectivity index (χ2v) is 12.6. The number of nitrogens with one attached hydrogen (secondary N) is 1. The van der Waals surface area contributed by atoms with Gasteiger partial charge in [-0.25, -0.2) is 8.42 Å². The van der Waals surface area contributed by atoms with Gasteiger partial charge in [0.15, 0.2) is 0 Å². The highest BCUT2D eigenvalue weighted by atomic mass is 32.2. The molecule has 41 heavy (non-hydrogen) atoms. The predicted molar refractivity (Wildman–Crippen MR) is 165 cm³/mol. The van der Waals surface area contributed by atoms with Gasteiger partial charge in [0.25, 0.3) is 10.0 Å². The van der Waals surface area contributed by atoms with Gasteiger partial charge < -0.3 is 10.2 Å². The number of nitrogens with zero attached hydrogens (tertiary/aromatic N) is 2. The Kier molecular flexibility index (Phi) is 11.1. The van der Waals surface area contributed by atoms with E-state index in [9.17, 15) is 18.0 Å². The van der Waals surface area contributed by atoms with Gasteiger partial charge in [-0.3, -0.25) is 13.9 Å². The lowest BCUT2D eigenvalue weighted by Gasteiger charge is -2.33. The Bertz CT molecular complexity index is 1420. The van der Waals surface area contributed by atoms with Crippen molar-refractivity contribution in [2.75, 3.05) is 17.4 Å². The van der Waals surface area contributed by atoms with Gasteiger partial charge in [0, 0.05) is 13.1 Å². The third-order valence-electron chi connectivity index (χ3n) is 7.27. The van der Waals surface area contributed by atoms with Crippen LogP contribution in [-0.4, -0.2) is 44.3 Å². The van der Waals surface area contributed by atoms with E-state index in [1.54, 1.807) is 36.4 Å². The molecule has 1 N–H and O–H groups in total. The van der Waals surface area contributed by atoms with Crippen LogP contribution >= 0.6 is 0 Å². The van der Waals surface area contributed by atoms with E-state index in [1.165, 1.54) is 4.90 Å². The van der Waals surface area contributed by atoms with E-state index in [-0.39, 0.29) is 23.3 Å². The van der Waals surface area contributed by atoms with Crippen molar-refractivity contribution in [1.82, 2.24) is 10.2 Å². The molecule has 1 atom stereocenters. The first-order valence-electron chi connectivity index (χ1n) is 14.3. The SMILES string of the molecule is CCCNC(=O)[C@@H](CC)N(Cc1ccccc1C)C(=O)CN(c1ccc(C(C)C)cc1)S(=O)(=O)c1ccc(C)cc1. The molecule has 3 aromatic rings. The fourth-order valence-corrected chi connectivity index (χ4v) is 6.06. The maximum absolute atomic E-state index is 14.2. The number of anilines is 1. The third kappa shape index (κ3) is 7.97. The van der Waals surface area contributed by atoms with Crippen molar-refractivity contribution in [1.29, 1.82) is 0 Å². The summed E-state index contributed by atoms with van der Waals surface area (Å²) in [7, 11) is -4.10. The Hall–Kier alpha value is -3.65. The molecule has 0 radical (unpaired) electrons. The summed E-state index contributed by atoms with van der Waals surface area (Å²) in [5.41, 5.74) is 4.27. The average Bonchev–Trinajstić information content (AvgIpc) is 2.95. The van der Waals surface area contributed by atoms with Crippen molar-refractivity contribution >= 4 is 27.5 Å². The molecule has 2 amide bonds. The van der Waals surface area contributed by atoms with Crippen molar-refractivity contribution < 1.29 is 18.0 Å². The van der Waals surface area contributed by atoms with Crippen LogP contribution < -0.4 is 9.62 Å². The number of sulfonamides is 1. The van der Waals surface area contributed by atoms with Crippen LogP contribution in [0.2, 0.25) is 0 Å². The lowest BCUT2D eigenvalue weighted by Crippen LogP contribution is -2.52. The van der Waals surface area contributed by atoms with Crippen LogP contribution in [0.25, 0.3) is 0 Å². The summed E-state index contributed by atoms with van der Waals surface area (Å²) in [6, 6.07) is 20.8. The normalized spacial score (nSPS) is 12.2. The van der Waals surface area contributed by atoms with Gasteiger partial charge in [0.2, 0.25) is 11.8 Å². The Morgan fingerprint density at radius 2 is 1.51 bits per heavy atom. The Balaban J connectivity index is 2.07. The zero-order valence-electron chi connectivity index (χ0n) is 25.1. The lowest BCUT2D eigenvalue weighted by atomic mass is 10.0. The summed E-state index contributed by atoms with van der Waals surface area (Å²) in [6.07, 6.45) is 1.16. The molecule has 0 unspecified atom stereocenters. The quantitative estimate of drug-likeness (QED) is 0.272. The minimum absolute atomic E-state index is 0.0991. The van der Waals surface area contributed by atoms with Gasteiger partial charge in [-0.05, 0) is 73.6 Å². The molecule has 0 saturated heterocycles. The van der Waals surface area contributed by atoms with Crippen molar-refractivity contribution in [3.8, 4) is 0 Å². The molecule has 220 valence electrons. The first-order valence-corrected chi connectivity index (χ1v) is 15.7. The first kappa shape index (κ1) is 31.9. The van der Waals surface area contributed by atoms with Crippen molar-refractivity contribution in [2.45, 2.75) is 77.8 Å². The van der Waals surface area contributed by atoms with Crippen LogP contribution in [0.3, 0.4) is 0 Å². The number of carbonyl (C=O) groups excluding carboxylic acids is 2. The summed E-state index contributed by atoms with van der Waals surface area (Å²) in [4.78, 5) is 29.0. The van der Waals surface area contributed by atoms with Gasteiger partial charge in [0.05, 0.1) is 10.6 Å². The van der Waals surface area contributed by atoms with E-state index in [1.807, 2.05) is 64.1 Å². The molecular formula is C33H43N3O4S. The monoisotopic (exact) mass is 577 g/mol. The predicted octanol–water partition coefficient (Wildman–Crippen LogP) is 5.96. The lowest BCUT2D eigenvalue weighted by molar-refractivity contribution is -0.140. The fourth-order valence-electron chi connectivity index (χ4n) is 4.65. The van der Waals surface area contributed by atoms with E-state index in [2.05, 4.69) is 19.2 Å². The van der Waals surface area contributed by atoms with Gasteiger partial charge in [-0.2, -0.15) is 0 Å². The van der Waals surface area contributed by atoms with Crippen LogP contribution in [-0.2, 0) is 26.2 Å². The Labute approximate surface area is 245 Å². The van der Waals surface area contributed by atoms with Gasteiger partial charge >= 0.3 is 0 Å². The van der Waals surface area contributed by atoms with Gasteiger partial charge in [-0.15, -0.1) is 0 Å². The fraction of sp³-hybridized carbons (Fsp3) is 0.394. The van der Waals surface area contributed by atoms with Gasteiger partial charge in [0.1, 0.15) is 12.6 Å². The molecule has 0 aliphatic heterocycles. The largest absolute Gasteiger partial charge is 0.354 e. The number of hydrogen-bond acceptors (Lipinski definition) is 4. The van der Waals surface area contributed by atoms with Gasteiger partial charge in [-0.1, -0.05) is 81.8 Å². The highest BCUT2D eigenvalue weighted by Crippen LogP contribution is 2.27. The van der Waals surface area contributed by atoms with E-state index >= 15 is 0 Å². The topological polar surface area (TPSA) is 86.8 Å². The Morgan fingerprint density at radius 1 is 0.878 bits per heavy atom. The number of aryl methyl sites for hydroxylation is 2. The summed E-state index contributed by atoms with van der Waals surface area (Å²) < 4.78 is 29.2. The molecule has 0 aliphatic carbocycles. The van der Waals surface area contributed by atoms with E-state index in [0.717, 1.165) is 33.0 Å². The molecule has 3 aromatic carbocycles. The second kappa shape index (κ2) is 14.3. The van der Waals surface area contributed by atoms with Crippen LogP contribution in [0, 0.1) is 13.8 Å². The summed E-state index contributed by atoms with van der Waals surface area (Å²) in [5.74, 6) is -0.426. The highest BCUT2D eigenvalue weighted by molar-refractivity contribution is 7.92. The maximum Gasteiger partial charge on any atom is 0.264 e. The molecule has 8 heteroatoms. The van der Waals surface area contributed by atoms with Crippen LogP contribution in [0.1, 0.15) is 68.7 Å². The third-order valence-corrected chi connectivity index (χ3v) is 9.06. The highest BCUT2D eigenvalue weighted by Gasteiger charge is 2.33. The molecule has 7 nitrogen and oxygen atoms in total. The zero-order valence-corrected chi connectivity index (χ0v) is 25.9. The zero-order chi connectivity index (χ0) is 30.2. The molecule has 0 heterocycles. The van der Waals surface area contributed by atoms with E-state index in [0.29, 0.717) is 18.7 Å². The molecule has 0 spiro atoms.